The molecule has 0 radical (unpaired) electrons. The zero-order valence-electron chi connectivity index (χ0n) is 10.3. The summed E-state index contributed by atoms with van der Waals surface area (Å²) < 4.78 is 5.18. The summed E-state index contributed by atoms with van der Waals surface area (Å²) in [6.07, 6.45) is 1.77. The summed E-state index contributed by atoms with van der Waals surface area (Å²) in [5.41, 5.74) is 1.25. The normalized spacial score (nSPS) is 22.9. The molecule has 0 spiro atoms. The van der Waals surface area contributed by atoms with Crippen LogP contribution < -0.4 is 5.32 Å². The molecule has 2 N–H and O–H groups in total. The van der Waals surface area contributed by atoms with Gasteiger partial charge in [0.1, 0.15) is 6.04 Å². The molecule has 0 saturated carbocycles. The highest BCUT2D eigenvalue weighted by molar-refractivity contribution is 5.76. The Morgan fingerprint density at radius 2 is 2.17 bits per heavy atom. The van der Waals surface area contributed by atoms with E-state index < -0.39 is 6.10 Å². The second kappa shape index (κ2) is 6.52. The minimum Gasteiger partial charge on any atom is -0.465 e. The summed E-state index contributed by atoms with van der Waals surface area (Å²) in [4.78, 5) is 11.6. The van der Waals surface area contributed by atoms with Crippen LogP contribution in [0.3, 0.4) is 0 Å². The number of aliphatic hydroxyl groups is 1. The quantitative estimate of drug-likeness (QED) is 0.601. The summed E-state index contributed by atoms with van der Waals surface area (Å²) >= 11 is 0. The molecule has 1 aliphatic heterocycles. The van der Waals surface area contributed by atoms with Crippen molar-refractivity contribution in [2.75, 3.05) is 13.2 Å². The number of carbonyl (C=O) groups is 1. The van der Waals surface area contributed by atoms with Gasteiger partial charge in [-0.2, -0.15) is 0 Å². The molecule has 0 aliphatic carbocycles. The zero-order chi connectivity index (χ0) is 12.8. The van der Waals surface area contributed by atoms with Crippen molar-refractivity contribution in [3.05, 3.63) is 35.9 Å². The lowest BCUT2D eigenvalue weighted by Gasteiger charge is -2.10. The van der Waals surface area contributed by atoms with E-state index in [1.54, 1.807) is 0 Å². The Morgan fingerprint density at radius 1 is 1.39 bits per heavy atom. The molecule has 4 nitrogen and oxygen atoms in total. The van der Waals surface area contributed by atoms with E-state index in [1.807, 2.05) is 18.2 Å². The Kier molecular flexibility index (Phi) is 4.73. The Labute approximate surface area is 107 Å². The number of carbonyl (C=O) groups excluding carboxylic acids is 1. The van der Waals surface area contributed by atoms with Crippen LogP contribution in [0.4, 0.5) is 0 Å². The summed E-state index contributed by atoms with van der Waals surface area (Å²) in [7, 11) is 0. The van der Waals surface area contributed by atoms with E-state index in [1.165, 1.54) is 5.56 Å². The van der Waals surface area contributed by atoms with Gasteiger partial charge >= 0.3 is 5.97 Å². The van der Waals surface area contributed by atoms with Crippen molar-refractivity contribution in [2.24, 2.45) is 0 Å². The number of ether oxygens (including phenoxy) is 1. The summed E-state index contributed by atoms with van der Waals surface area (Å²) in [5, 5.41) is 12.2. The fourth-order valence-electron chi connectivity index (χ4n) is 2.09. The van der Waals surface area contributed by atoms with E-state index in [9.17, 15) is 9.90 Å². The van der Waals surface area contributed by atoms with Gasteiger partial charge < -0.3 is 15.2 Å². The molecule has 1 unspecified atom stereocenters. The predicted molar refractivity (Wildman–Crippen MR) is 68.1 cm³/mol. The number of hydrogen-bond acceptors (Lipinski definition) is 4. The number of hydrogen-bond donors (Lipinski definition) is 2. The van der Waals surface area contributed by atoms with E-state index in [0.29, 0.717) is 19.6 Å². The molecule has 1 saturated heterocycles. The molecule has 2 atom stereocenters. The number of aliphatic hydroxyl groups excluding tert-OH is 1. The molecule has 0 bridgehead atoms. The van der Waals surface area contributed by atoms with E-state index in [4.69, 9.17) is 4.74 Å². The van der Waals surface area contributed by atoms with Gasteiger partial charge in [-0.1, -0.05) is 30.3 Å². The highest BCUT2D eigenvalue weighted by Gasteiger charge is 2.28. The maximum Gasteiger partial charge on any atom is 0.323 e. The summed E-state index contributed by atoms with van der Waals surface area (Å²) in [6, 6.07) is 9.79. The Balaban J connectivity index is 1.62. The Morgan fingerprint density at radius 3 is 2.83 bits per heavy atom. The topological polar surface area (TPSA) is 58.6 Å². The largest absolute Gasteiger partial charge is 0.465 e. The molecule has 0 amide bonds. The van der Waals surface area contributed by atoms with Crippen LogP contribution in [0.2, 0.25) is 0 Å². The average Bonchev–Trinajstić information content (AvgIpc) is 2.82. The molecule has 2 rings (SSSR count). The molecule has 0 aromatic heterocycles. The number of nitrogens with one attached hydrogen (secondary N) is 1. The molecule has 1 heterocycles. The van der Waals surface area contributed by atoms with Gasteiger partial charge in [0.2, 0.25) is 0 Å². The first kappa shape index (κ1) is 13.1. The first-order chi connectivity index (χ1) is 8.75. The third-order valence-corrected chi connectivity index (χ3v) is 3.09. The molecule has 4 heteroatoms. The van der Waals surface area contributed by atoms with Crippen molar-refractivity contribution in [1.82, 2.24) is 5.32 Å². The Hall–Kier alpha value is -1.39. The molecular weight excluding hydrogens is 230 g/mol. The van der Waals surface area contributed by atoms with Gasteiger partial charge in [0.15, 0.2) is 0 Å². The first-order valence-electron chi connectivity index (χ1n) is 6.38. The minimum absolute atomic E-state index is 0.250. The summed E-state index contributed by atoms with van der Waals surface area (Å²) in [6.45, 7) is 0.909. The third-order valence-electron chi connectivity index (χ3n) is 3.09. The molecule has 98 valence electrons. The van der Waals surface area contributed by atoms with Crippen LogP contribution in [0.25, 0.3) is 0 Å². The van der Waals surface area contributed by atoms with Crippen LogP contribution in [0.5, 0.6) is 0 Å². The average molecular weight is 249 g/mol. The number of β-amino-alcohol motifs (C(OH)–C–C–N with tert-alkyl or cyclic N) is 1. The van der Waals surface area contributed by atoms with Gasteiger partial charge in [-0.25, -0.2) is 0 Å². The standard InChI is InChI=1S/C14H19NO3/c16-12-9-13(15-10-12)14(17)18-8-4-7-11-5-2-1-3-6-11/h1-3,5-6,12-13,15-16H,4,7-10H2/t12?,13-/m0/s1. The summed E-state index contributed by atoms with van der Waals surface area (Å²) in [5.74, 6) is -0.250. The maximum absolute atomic E-state index is 11.6. The number of aryl methyl sites for hydroxylation is 1. The van der Waals surface area contributed by atoms with Gasteiger partial charge in [-0.3, -0.25) is 4.79 Å². The van der Waals surface area contributed by atoms with Gasteiger partial charge in [0.25, 0.3) is 0 Å². The van der Waals surface area contributed by atoms with Gasteiger partial charge in [0, 0.05) is 13.0 Å². The maximum atomic E-state index is 11.6. The molecule has 1 fully saturated rings. The van der Waals surface area contributed by atoms with Gasteiger partial charge in [-0.15, -0.1) is 0 Å². The minimum atomic E-state index is -0.424. The lowest BCUT2D eigenvalue weighted by Crippen LogP contribution is -2.32. The number of benzene rings is 1. The van der Waals surface area contributed by atoms with Gasteiger partial charge in [-0.05, 0) is 18.4 Å². The van der Waals surface area contributed by atoms with Crippen molar-refractivity contribution in [2.45, 2.75) is 31.4 Å². The smallest absolute Gasteiger partial charge is 0.323 e. The fourth-order valence-corrected chi connectivity index (χ4v) is 2.09. The second-order valence-corrected chi connectivity index (χ2v) is 4.61. The van der Waals surface area contributed by atoms with Crippen molar-refractivity contribution < 1.29 is 14.6 Å². The van der Waals surface area contributed by atoms with Crippen molar-refractivity contribution >= 4 is 5.97 Å². The third kappa shape index (κ3) is 3.82. The van der Waals surface area contributed by atoms with E-state index in [-0.39, 0.29) is 12.0 Å². The molecular formula is C14H19NO3. The number of rotatable bonds is 5. The fraction of sp³-hybridized carbons (Fsp3) is 0.500. The van der Waals surface area contributed by atoms with Crippen LogP contribution in [-0.4, -0.2) is 36.4 Å². The van der Waals surface area contributed by atoms with E-state index in [0.717, 1.165) is 12.8 Å². The highest BCUT2D eigenvalue weighted by Crippen LogP contribution is 2.08. The SMILES string of the molecule is O=C(OCCCc1ccccc1)[C@@H]1CC(O)CN1. The molecule has 18 heavy (non-hydrogen) atoms. The van der Waals surface area contributed by atoms with Crippen LogP contribution in [0.15, 0.2) is 30.3 Å². The highest BCUT2D eigenvalue weighted by atomic mass is 16.5. The first-order valence-corrected chi connectivity index (χ1v) is 6.38. The Bertz CT molecular complexity index is 380. The lowest BCUT2D eigenvalue weighted by molar-refractivity contribution is -0.146. The second-order valence-electron chi connectivity index (χ2n) is 4.61. The van der Waals surface area contributed by atoms with Crippen molar-refractivity contribution in [3.8, 4) is 0 Å². The predicted octanol–water partition coefficient (Wildman–Crippen LogP) is 0.885. The van der Waals surface area contributed by atoms with Crippen LogP contribution >= 0.6 is 0 Å². The monoisotopic (exact) mass is 249 g/mol. The van der Waals surface area contributed by atoms with Crippen molar-refractivity contribution in [3.63, 3.8) is 0 Å². The van der Waals surface area contributed by atoms with Gasteiger partial charge in [0.05, 0.1) is 12.7 Å². The van der Waals surface area contributed by atoms with E-state index >= 15 is 0 Å². The molecule has 1 aromatic carbocycles. The molecule has 1 aromatic rings. The van der Waals surface area contributed by atoms with Crippen LogP contribution in [0.1, 0.15) is 18.4 Å². The van der Waals surface area contributed by atoms with E-state index in [2.05, 4.69) is 17.4 Å². The number of esters is 1. The lowest BCUT2D eigenvalue weighted by atomic mass is 10.1. The van der Waals surface area contributed by atoms with Crippen LogP contribution in [0, 0.1) is 0 Å². The molecule has 1 aliphatic rings. The van der Waals surface area contributed by atoms with Crippen molar-refractivity contribution in [1.29, 1.82) is 0 Å². The zero-order valence-corrected chi connectivity index (χ0v) is 10.3. The van der Waals surface area contributed by atoms with Crippen LogP contribution in [-0.2, 0) is 16.0 Å².